The maximum absolute atomic E-state index is 12.1. The molecule has 1 aromatic heterocycles. The Morgan fingerprint density at radius 1 is 1.17 bits per heavy atom. The zero-order valence-electron chi connectivity index (χ0n) is 14.3. The van der Waals surface area contributed by atoms with Crippen LogP contribution in [0.5, 0.6) is 11.5 Å². The minimum atomic E-state index is -0.469. The third-order valence-electron chi connectivity index (χ3n) is 3.30. The molecule has 1 heterocycles. The lowest BCUT2D eigenvalue weighted by Crippen LogP contribution is -2.11. The van der Waals surface area contributed by atoms with Gasteiger partial charge in [0.05, 0.1) is 20.8 Å². The van der Waals surface area contributed by atoms with E-state index in [0.29, 0.717) is 35.2 Å². The number of rotatable bonds is 7. The van der Waals surface area contributed by atoms with Crippen LogP contribution in [0.1, 0.15) is 30.0 Å². The highest BCUT2D eigenvalue weighted by Gasteiger charge is 2.16. The summed E-state index contributed by atoms with van der Waals surface area (Å²) in [6, 6.07) is 5.35. The number of esters is 1. The summed E-state index contributed by atoms with van der Waals surface area (Å²) in [5.74, 6) is 1.75. The van der Waals surface area contributed by atoms with E-state index < -0.39 is 5.97 Å². The number of aromatic nitrogens is 2. The van der Waals surface area contributed by atoms with Crippen LogP contribution in [0.15, 0.2) is 24.4 Å². The Hall–Kier alpha value is -2.83. The average Bonchev–Trinajstić information content (AvgIpc) is 2.61. The lowest BCUT2D eigenvalue weighted by atomic mass is 10.2. The molecule has 2 rings (SSSR count). The summed E-state index contributed by atoms with van der Waals surface area (Å²) in [4.78, 5) is 20.7. The van der Waals surface area contributed by atoms with Gasteiger partial charge in [0.25, 0.3) is 0 Å². The van der Waals surface area contributed by atoms with E-state index >= 15 is 0 Å². The molecule has 1 aromatic carbocycles. The van der Waals surface area contributed by atoms with Crippen LogP contribution in [0, 0.1) is 0 Å². The average molecular weight is 331 g/mol. The predicted molar refractivity (Wildman–Crippen MR) is 90.2 cm³/mol. The van der Waals surface area contributed by atoms with Gasteiger partial charge in [0, 0.05) is 24.4 Å². The first-order valence-electron chi connectivity index (χ1n) is 7.65. The SMILES string of the molecule is CCOC(=O)c1cnc(CC)nc1Nc1ccc(OC)c(OC)c1. The third kappa shape index (κ3) is 3.92. The van der Waals surface area contributed by atoms with Gasteiger partial charge in [-0.05, 0) is 19.1 Å². The van der Waals surface area contributed by atoms with E-state index in [4.69, 9.17) is 14.2 Å². The topological polar surface area (TPSA) is 82.6 Å². The van der Waals surface area contributed by atoms with Crippen LogP contribution in [0.3, 0.4) is 0 Å². The van der Waals surface area contributed by atoms with Crippen LogP contribution in [0.4, 0.5) is 11.5 Å². The second-order valence-corrected chi connectivity index (χ2v) is 4.82. The summed E-state index contributed by atoms with van der Waals surface area (Å²) in [6.07, 6.45) is 2.14. The molecule has 0 radical (unpaired) electrons. The predicted octanol–water partition coefficient (Wildman–Crippen LogP) is 2.98. The largest absolute Gasteiger partial charge is 0.493 e. The Morgan fingerprint density at radius 2 is 1.92 bits per heavy atom. The van der Waals surface area contributed by atoms with E-state index in [9.17, 15) is 4.79 Å². The van der Waals surface area contributed by atoms with Crippen LogP contribution >= 0.6 is 0 Å². The van der Waals surface area contributed by atoms with Crippen molar-refractivity contribution < 1.29 is 19.0 Å². The molecule has 0 saturated carbocycles. The molecule has 0 aliphatic heterocycles. The van der Waals surface area contributed by atoms with Gasteiger partial charge in [-0.25, -0.2) is 14.8 Å². The van der Waals surface area contributed by atoms with Crippen molar-refractivity contribution in [2.45, 2.75) is 20.3 Å². The molecule has 128 valence electrons. The van der Waals surface area contributed by atoms with E-state index in [-0.39, 0.29) is 12.2 Å². The number of methoxy groups -OCH3 is 2. The fourth-order valence-corrected chi connectivity index (χ4v) is 2.09. The minimum absolute atomic E-state index is 0.281. The van der Waals surface area contributed by atoms with E-state index in [2.05, 4.69) is 15.3 Å². The molecule has 0 atom stereocenters. The van der Waals surface area contributed by atoms with Gasteiger partial charge < -0.3 is 19.5 Å². The standard InChI is InChI=1S/C17H21N3O4/c1-5-15-18-10-12(17(21)24-6-2)16(20-15)19-11-7-8-13(22-3)14(9-11)23-4/h7-10H,5-6H2,1-4H3,(H,18,19,20). The maximum atomic E-state index is 12.1. The molecule has 0 fully saturated rings. The number of nitrogens with one attached hydrogen (secondary N) is 1. The molecule has 0 saturated heterocycles. The van der Waals surface area contributed by atoms with Crippen molar-refractivity contribution in [3.63, 3.8) is 0 Å². The van der Waals surface area contributed by atoms with Crippen molar-refractivity contribution >= 4 is 17.5 Å². The molecular formula is C17H21N3O4. The molecule has 0 aliphatic rings. The third-order valence-corrected chi connectivity index (χ3v) is 3.30. The van der Waals surface area contributed by atoms with Crippen molar-refractivity contribution in [1.82, 2.24) is 9.97 Å². The number of carbonyl (C=O) groups is 1. The highest BCUT2D eigenvalue weighted by molar-refractivity contribution is 5.95. The first-order chi connectivity index (χ1) is 11.6. The fraction of sp³-hybridized carbons (Fsp3) is 0.353. The van der Waals surface area contributed by atoms with Gasteiger partial charge in [-0.3, -0.25) is 0 Å². The molecule has 7 heteroatoms. The molecule has 7 nitrogen and oxygen atoms in total. The lowest BCUT2D eigenvalue weighted by molar-refractivity contribution is 0.0526. The van der Waals surface area contributed by atoms with Crippen LogP contribution in [0.2, 0.25) is 0 Å². The fourth-order valence-electron chi connectivity index (χ4n) is 2.09. The van der Waals surface area contributed by atoms with Gasteiger partial charge in [-0.1, -0.05) is 6.92 Å². The molecule has 0 unspecified atom stereocenters. The minimum Gasteiger partial charge on any atom is -0.493 e. The Morgan fingerprint density at radius 3 is 2.54 bits per heavy atom. The molecule has 0 bridgehead atoms. The summed E-state index contributed by atoms with van der Waals surface area (Å²) in [6.45, 7) is 3.98. The lowest BCUT2D eigenvalue weighted by Gasteiger charge is -2.13. The summed E-state index contributed by atoms with van der Waals surface area (Å²) in [7, 11) is 3.13. The van der Waals surface area contributed by atoms with Gasteiger partial charge in [-0.2, -0.15) is 0 Å². The van der Waals surface area contributed by atoms with E-state index in [1.807, 2.05) is 13.0 Å². The molecule has 0 aliphatic carbocycles. The van der Waals surface area contributed by atoms with Gasteiger partial charge in [-0.15, -0.1) is 0 Å². The first-order valence-corrected chi connectivity index (χ1v) is 7.65. The van der Waals surface area contributed by atoms with Crippen LogP contribution in [0.25, 0.3) is 0 Å². The van der Waals surface area contributed by atoms with E-state index in [0.717, 1.165) is 0 Å². The molecular weight excluding hydrogens is 310 g/mol. The normalized spacial score (nSPS) is 10.2. The Labute approximate surface area is 141 Å². The quantitative estimate of drug-likeness (QED) is 0.781. The maximum Gasteiger partial charge on any atom is 0.343 e. The first kappa shape index (κ1) is 17.5. The second kappa shape index (κ2) is 8.14. The highest BCUT2D eigenvalue weighted by atomic mass is 16.5. The summed E-state index contributed by atoms with van der Waals surface area (Å²) in [5.41, 5.74) is 0.989. The number of nitrogens with zero attached hydrogens (tertiary/aromatic N) is 2. The second-order valence-electron chi connectivity index (χ2n) is 4.82. The molecule has 0 amide bonds. The van der Waals surface area contributed by atoms with Crippen LogP contribution in [-0.4, -0.2) is 36.8 Å². The van der Waals surface area contributed by atoms with Crippen molar-refractivity contribution in [2.75, 3.05) is 26.1 Å². The molecule has 24 heavy (non-hydrogen) atoms. The number of hydrogen-bond donors (Lipinski definition) is 1. The highest BCUT2D eigenvalue weighted by Crippen LogP contribution is 2.31. The van der Waals surface area contributed by atoms with Crippen molar-refractivity contribution in [2.24, 2.45) is 0 Å². The molecule has 1 N–H and O–H groups in total. The van der Waals surface area contributed by atoms with Crippen molar-refractivity contribution in [3.05, 3.63) is 35.8 Å². The Kier molecular flexibility index (Phi) is 5.95. The van der Waals surface area contributed by atoms with Gasteiger partial charge in [0.2, 0.25) is 0 Å². The smallest absolute Gasteiger partial charge is 0.343 e. The Bertz CT molecular complexity index is 719. The summed E-state index contributed by atoms with van der Waals surface area (Å²) < 4.78 is 15.6. The number of benzene rings is 1. The van der Waals surface area contributed by atoms with Gasteiger partial charge >= 0.3 is 5.97 Å². The number of aryl methyl sites for hydroxylation is 1. The Balaban J connectivity index is 2.38. The van der Waals surface area contributed by atoms with E-state index in [1.54, 1.807) is 33.3 Å². The number of hydrogen-bond acceptors (Lipinski definition) is 7. The van der Waals surface area contributed by atoms with Crippen molar-refractivity contribution in [1.29, 1.82) is 0 Å². The zero-order chi connectivity index (χ0) is 17.5. The number of anilines is 2. The van der Waals surface area contributed by atoms with Gasteiger partial charge in [0.1, 0.15) is 17.2 Å². The number of carbonyl (C=O) groups excluding carboxylic acids is 1. The van der Waals surface area contributed by atoms with Crippen LogP contribution < -0.4 is 14.8 Å². The molecule has 2 aromatic rings. The summed E-state index contributed by atoms with van der Waals surface area (Å²) >= 11 is 0. The van der Waals surface area contributed by atoms with Crippen molar-refractivity contribution in [3.8, 4) is 11.5 Å². The van der Waals surface area contributed by atoms with E-state index in [1.165, 1.54) is 6.20 Å². The van der Waals surface area contributed by atoms with Gasteiger partial charge in [0.15, 0.2) is 11.5 Å². The van der Waals surface area contributed by atoms with Crippen LogP contribution in [-0.2, 0) is 11.2 Å². The molecule has 0 spiro atoms. The summed E-state index contributed by atoms with van der Waals surface area (Å²) in [5, 5.41) is 3.13. The zero-order valence-corrected chi connectivity index (χ0v) is 14.3. The number of ether oxygens (including phenoxy) is 3. The monoisotopic (exact) mass is 331 g/mol.